The van der Waals surface area contributed by atoms with Gasteiger partial charge in [-0.1, -0.05) is 19.6 Å². The third-order valence-electron chi connectivity index (χ3n) is 1.74. The van der Waals surface area contributed by atoms with Crippen LogP contribution in [0.1, 0.15) is 13.8 Å². The van der Waals surface area contributed by atoms with Crippen molar-refractivity contribution in [2.24, 2.45) is 5.92 Å². The van der Waals surface area contributed by atoms with Gasteiger partial charge in [0, 0.05) is 5.92 Å². The molecule has 0 aromatic heterocycles. The Bertz CT molecular complexity index is 199. The third-order valence-corrected chi connectivity index (χ3v) is 1.74. The van der Waals surface area contributed by atoms with Gasteiger partial charge in [0.2, 0.25) is 0 Å². The number of Topliss-reactive ketones (excluding diaryl/α,β-unsaturated/α-hetero) is 1. The summed E-state index contributed by atoms with van der Waals surface area (Å²) in [6, 6.07) is 0. The zero-order chi connectivity index (χ0) is 7.02. The standard InChI is InChI=1S/C8H10O/c1-5-4-6(2)8(9)7(5)3/h4,7H,1H2,2-3H3. The largest absolute Gasteiger partial charge is 0.294 e. The predicted octanol–water partition coefficient (Wildman–Crippen LogP) is 1.71. The number of allylic oxidation sites excluding steroid dienone is 3. The van der Waals surface area contributed by atoms with Crippen LogP contribution < -0.4 is 0 Å². The molecule has 0 radical (unpaired) electrons. The maximum atomic E-state index is 11.0. The maximum absolute atomic E-state index is 11.0. The van der Waals surface area contributed by atoms with Crippen LogP contribution in [0.25, 0.3) is 0 Å². The molecular weight excluding hydrogens is 112 g/mol. The van der Waals surface area contributed by atoms with Crippen molar-refractivity contribution >= 4 is 5.78 Å². The lowest BCUT2D eigenvalue weighted by Gasteiger charge is -1.98. The lowest BCUT2D eigenvalue weighted by molar-refractivity contribution is -0.117. The van der Waals surface area contributed by atoms with E-state index in [0.717, 1.165) is 11.1 Å². The molecule has 0 bridgehead atoms. The molecule has 0 saturated carbocycles. The first-order valence-electron chi connectivity index (χ1n) is 3.04. The first-order valence-corrected chi connectivity index (χ1v) is 3.04. The normalized spacial score (nSPS) is 26.9. The van der Waals surface area contributed by atoms with E-state index in [1.54, 1.807) is 0 Å². The molecule has 48 valence electrons. The SMILES string of the molecule is C=C1C=C(C)C(=O)C1C. The van der Waals surface area contributed by atoms with Crippen LogP contribution in [-0.4, -0.2) is 5.78 Å². The molecule has 0 heterocycles. The molecule has 0 aliphatic heterocycles. The highest BCUT2D eigenvalue weighted by Gasteiger charge is 2.22. The third kappa shape index (κ3) is 0.826. The summed E-state index contributed by atoms with van der Waals surface area (Å²) in [6.07, 6.45) is 1.85. The predicted molar refractivity (Wildman–Crippen MR) is 37.1 cm³/mol. The Hall–Kier alpha value is -0.850. The van der Waals surface area contributed by atoms with Gasteiger partial charge in [-0.3, -0.25) is 4.79 Å². The number of hydrogen-bond acceptors (Lipinski definition) is 1. The second kappa shape index (κ2) is 1.83. The quantitative estimate of drug-likeness (QED) is 0.478. The lowest BCUT2D eigenvalue weighted by Crippen LogP contribution is -2.04. The van der Waals surface area contributed by atoms with Crippen LogP contribution in [0.15, 0.2) is 23.8 Å². The summed E-state index contributed by atoms with van der Waals surface area (Å²) in [5.74, 6) is 0.255. The molecule has 1 aliphatic rings. The molecular formula is C8H10O. The van der Waals surface area contributed by atoms with Gasteiger partial charge in [-0.25, -0.2) is 0 Å². The van der Waals surface area contributed by atoms with E-state index in [1.165, 1.54) is 0 Å². The number of hydrogen-bond donors (Lipinski definition) is 0. The Morgan fingerprint density at radius 1 is 1.67 bits per heavy atom. The number of carbonyl (C=O) groups is 1. The topological polar surface area (TPSA) is 17.1 Å². The fraction of sp³-hybridized carbons (Fsp3) is 0.375. The van der Waals surface area contributed by atoms with Crippen molar-refractivity contribution in [1.82, 2.24) is 0 Å². The molecule has 1 unspecified atom stereocenters. The highest BCUT2D eigenvalue weighted by molar-refractivity contribution is 6.02. The molecule has 0 fully saturated rings. The molecule has 0 saturated heterocycles. The Balaban J connectivity index is 2.95. The number of carbonyl (C=O) groups excluding carboxylic acids is 1. The highest BCUT2D eigenvalue weighted by atomic mass is 16.1. The minimum absolute atomic E-state index is 0.0324. The van der Waals surface area contributed by atoms with Crippen LogP contribution >= 0.6 is 0 Å². The van der Waals surface area contributed by atoms with Gasteiger partial charge in [-0.2, -0.15) is 0 Å². The Labute approximate surface area is 55.1 Å². The minimum Gasteiger partial charge on any atom is -0.294 e. The van der Waals surface area contributed by atoms with E-state index in [2.05, 4.69) is 6.58 Å². The lowest BCUT2D eigenvalue weighted by atomic mass is 10.0. The fourth-order valence-corrected chi connectivity index (χ4v) is 0.984. The van der Waals surface area contributed by atoms with Crippen LogP contribution in [0.5, 0.6) is 0 Å². The fourth-order valence-electron chi connectivity index (χ4n) is 0.984. The van der Waals surface area contributed by atoms with Crippen molar-refractivity contribution < 1.29 is 4.79 Å². The van der Waals surface area contributed by atoms with E-state index in [1.807, 2.05) is 19.9 Å². The summed E-state index contributed by atoms with van der Waals surface area (Å²) < 4.78 is 0. The summed E-state index contributed by atoms with van der Waals surface area (Å²) in [5, 5.41) is 0. The first-order chi connectivity index (χ1) is 4.13. The average Bonchev–Trinajstić information content (AvgIpc) is 1.98. The molecule has 0 spiro atoms. The van der Waals surface area contributed by atoms with Crippen LogP contribution in [-0.2, 0) is 4.79 Å². The molecule has 1 atom stereocenters. The van der Waals surface area contributed by atoms with Crippen molar-refractivity contribution in [2.75, 3.05) is 0 Å². The molecule has 9 heavy (non-hydrogen) atoms. The number of rotatable bonds is 0. The van der Waals surface area contributed by atoms with Gasteiger partial charge in [-0.15, -0.1) is 0 Å². The van der Waals surface area contributed by atoms with Gasteiger partial charge in [0.05, 0.1) is 0 Å². The summed E-state index contributed by atoms with van der Waals surface area (Å²) in [5.41, 5.74) is 1.78. The van der Waals surface area contributed by atoms with Crippen molar-refractivity contribution in [3.05, 3.63) is 23.8 Å². The van der Waals surface area contributed by atoms with E-state index >= 15 is 0 Å². The van der Waals surface area contributed by atoms with Gasteiger partial charge in [0.15, 0.2) is 5.78 Å². The molecule has 0 amide bonds. The monoisotopic (exact) mass is 122 g/mol. The van der Waals surface area contributed by atoms with Crippen LogP contribution in [0.3, 0.4) is 0 Å². The molecule has 1 nitrogen and oxygen atoms in total. The second-order valence-corrected chi connectivity index (χ2v) is 2.49. The molecule has 0 aromatic rings. The van der Waals surface area contributed by atoms with E-state index in [-0.39, 0.29) is 11.7 Å². The van der Waals surface area contributed by atoms with Crippen molar-refractivity contribution in [1.29, 1.82) is 0 Å². The zero-order valence-electron chi connectivity index (χ0n) is 5.77. The van der Waals surface area contributed by atoms with E-state index < -0.39 is 0 Å². The van der Waals surface area contributed by atoms with E-state index in [9.17, 15) is 4.79 Å². The Morgan fingerprint density at radius 3 is 2.33 bits per heavy atom. The Morgan fingerprint density at radius 2 is 2.22 bits per heavy atom. The van der Waals surface area contributed by atoms with Gasteiger partial charge in [0.1, 0.15) is 0 Å². The average molecular weight is 122 g/mol. The molecule has 0 N–H and O–H groups in total. The summed E-state index contributed by atoms with van der Waals surface area (Å²) >= 11 is 0. The summed E-state index contributed by atoms with van der Waals surface area (Å²) in [7, 11) is 0. The minimum atomic E-state index is 0.0324. The van der Waals surface area contributed by atoms with Gasteiger partial charge in [0.25, 0.3) is 0 Å². The van der Waals surface area contributed by atoms with Crippen molar-refractivity contribution in [2.45, 2.75) is 13.8 Å². The molecule has 1 heteroatoms. The van der Waals surface area contributed by atoms with Crippen molar-refractivity contribution in [3.8, 4) is 0 Å². The van der Waals surface area contributed by atoms with E-state index in [0.29, 0.717) is 0 Å². The molecule has 1 aliphatic carbocycles. The summed E-state index contributed by atoms with van der Waals surface area (Å²) in [6.45, 7) is 7.46. The van der Waals surface area contributed by atoms with Gasteiger partial charge in [-0.05, 0) is 18.1 Å². The molecule has 0 aromatic carbocycles. The Kier molecular flexibility index (Phi) is 1.28. The highest BCUT2D eigenvalue weighted by Crippen LogP contribution is 2.23. The van der Waals surface area contributed by atoms with Crippen LogP contribution in [0.4, 0.5) is 0 Å². The van der Waals surface area contributed by atoms with Gasteiger partial charge < -0.3 is 0 Å². The zero-order valence-corrected chi connectivity index (χ0v) is 5.77. The van der Waals surface area contributed by atoms with Crippen LogP contribution in [0, 0.1) is 5.92 Å². The second-order valence-electron chi connectivity index (χ2n) is 2.49. The van der Waals surface area contributed by atoms with Crippen LogP contribution in [0.2, 0.25) is 0 Å². The molecule has 1 rings (SSSR count). The smallest absolute Gasteiger partial charge is 0.165 e. The first kappa shape index (κ1) is 6.27. The number of ketones is 1. The van der Waals surface area contributed by atoms with Crippen molar-refractivity contribution in [3.63, 3.8) is 0 Å². The van der Waals surface area contributed by atoms with E-state index in [4.69, 9.17) is 0 Å². The van der Waals surface area contributed by atoms with Gasteiger partial charge >= 0.3 is 0 Å². The summed E-state index contributed by atoms with van der Waals surface area (Å²) in [4.78, 5) is 11.0. The maximum Gasteiger partial charge on any atom is 0.165 e.